The van der Waals surface area contributed by atoms with E-state index in [9.17, 15) is 4.79 Å². The fraction of sp³-hybridized carbons (Fsp3) is 0.312. The molecule has 1 N–H and O–H groups in total. The lowest BCUT2D eigenvalue weighted by Crippen LogP contribution is -2.26. The first-order valence-corrected chi connectivity index (χ1v) is 8.82. The maximum absolute atomic E-state index is 12.0. The maximum Gasteiger partial charge on any atom is 0.220 e. The van der Waals surface area contributed by atoms with Gasteiger partial charge in [0, 0.05) is 16.3 Å². The summed E-state index contributed by atoms with van der Waals surface area (Å²) in [6.07, 6.45) is 2.34. The highest BCUT2D eigenvalue weighted by atomic mass is 79.9. The largest absolute Gasteiger partial charge is 0.350 e. The molecule has 0 aliphatic heterocycles. The van der Waals surface area contributed by atoms with E-state index in [0.29, 0.717) is 11.4 Å². The van der Waals surface area contributed by atoms with Crippen LogP contribution in [0.3, 0.4) is 0 Å². The van der Waals surface area contributed by atoms with E-state index in [0.717, 1.165) is 22.2 Å². The van der Waals surface area contributed by atoms with E-state index in [1.54, 1.807) is 11.3 Å². The van der Waals surface area contributed by atoms with E-state index in [1.807, 2.05) is 37.3 Å². The molecule has 1 amide bonds. The van der Waals surface area contributed by atoms with Crippen molar-refractivity contribution in [3.05, 3.63) is 55.6 Å². The van der Waals surface area contributed by atoms with E-state index < -0.39 is 0 Å². The lowest BCUT2D eigenvalue weighted by Gasteiger charge is -2.14. The molecule has 1 unspecified atom stereocenters. The van der Waals surface area contributed by atoms with Gasteiger partial charge in [-0.15, -0.1) is 11.3 Å². The summed E-state index contributed by atoms with van der Waals surface area (Å²) in [5.74, 6) is 0.0816. The van der Waals surface area contributed by atoms with Gasteiger partial charge in [0.05, 0.1) is 9.83 Å². The van der Waals surface area contributed by atoms with Crippen molar-refractivity contribution in [2.24, 2.45) is 0 Å². The van der Waals surface area contributed by atoms with Crippen LogP contribution in [-0.4, -0.2) is 5.91 Å². The van der Waals surface area contributed by atoms with Gasteiger partial charge in [-0.05, 0) is 65.5 Å². The molecule has 0 fully saturated rings. The van der Waals surface area contributed by atoms with Gasteiger partial charge in [-0.1, -0.05) is 23.7 Å². The molecule has 5 heteroatoms. The van der Waals surface area contributed by atoms with Crippen LogP contribution < -0.4 is 5.32 Å². The SMILES string of the molecule is CC(NC(=O)CCCc1ccc(Br)s1)c1cccc(Cl)c1. The molecule has 0 spiro atoms. The molecular formula is C16H17BrClNOS. The van der Waals surface area contributed by atoms with Gasteiger partial charge in [0.25, 0.3) is 0 Å². The van der Waals surface area contributed by atoms with E-state index in [1.165, 1.54) is 4.88 Å². The monoisotopic (exact) mass is 385 g/mol. The van der Waals surface area contributed by atoms with Crippen molar-refractivity contribution in [1.82, 2.24) is 5.32 Å². The number of rotatable bonds is 6. The Labute approximate surface area is 142 Å². The smallest absolute Gasteiger partial charge is 0.220 e. The molecule has 1 aromatic carbocycles. The number of amides is 1. The van der Waals surface area contributed by atoms with Gasteiger partial charge in [-0.3, -0.25) is 4.79 Å². The number of carbonyl (C=O) groups is 1. The molecular weight excluding hydrogens is 370 g/mol. The van der Waals surface area contributed by atoms with Crippen LogP contribution >= 0.6 is 38.9 Å². The van der Waals surface area contributed by atoms with E-state index in [-0.39, 0.29) is 11.9 Å². The number of hydrogen-bond acceptors (Lipinski definition) is 2. The molecule has 1 heterocycles. The third-order valence-electron chi connectivity index (χ3n) is 3.18. The summed E-state index contributed by atoms with van der Waals surface area (Å²) in [4.78, 5) is 13.3. The van der Waals surface area contributed by atoms with Crippen LogP contribution in [0.4, 0.5) is 0 Å². The van der Waals surface area contributed by atoms with Crippen molar-refractivity contribution in [2.75, 3.05) is 0 Å². The highest BCUT2D eigenvalue weighted by Crippen LogP contribution is 2.23. The molecule has 0 bridgehead atoms. The number of hydrogen-bond donors (Lipinski definition) is 1. The Morgan fingerprint density at radius 1 is 1.38 bits per heavy atom. The number of carbonyl (C=O) groups excluding carboxylic acids is 1. The van der Waals surface area contributed by atoms with E-state index in [4.69, 9.17) is 11.6 Å². The summed E-state index contributed by atoms with van der Waals surface area (Å²) >= 11 is 11.1. The van der Waals surface area contributed by atoms with E-state index in [2.05, 4.69) is 27.3 Å². The normalized spacial score (nSPS) is 12.1. The Hall–Kier alpha value is -0.840. The third-order valence-corrected chi connectivity index (χ3v) is 5.10. The Morgan fingerprint density at radius 3 is 2.86 bits per heavy atom. The molecule has 0 aliphatic rings. The maximum atomic E-state index is 12.0. The molecule has 21 heavy (non-hydrogen) atoms. The summed E-state index contributed by atoms with van der Waals surface area (Å²) in [6, 6.07) is 11.7. The van der Waals surface area contributed by atoms with Crippen LogP contribution in [0, 0.1) is 0 Å². The van der Waals surface area contributed by atoms with Crippen molar-refractivity contribution in [2.45, 2.75) is 32.2 Å². The minimum atomic E-state index is -0.0212. The second-order valence-corrected chi connectivity index (χ2v) is 7.89. The molecule has 1 aromatic heterocycles. The first-order chi connectivity index (χ1) is 10.0. The number of benzene rings is 1. The Balaban J connectivity index is 1.76. The van der Waals surface area contributed by atoms with Crippen molar-refractivity contribution >= 4 is 44.8 Å². The highest BCUT2D eigenvalue weighted by Gasteiger charge is 2.10. The van der Waals surface area contributed by atoms with Gasteiger partial charge in [0.1, 0.15) is 0 Å². The van der Waals surface area contributed by atoms with Crippen molar-refractivity contribution in [3.63, 3.8) is 0 Å². The molecule has 2 nitrogen and oxygen atoms in total. The highest BCUT2D eigenvalue weighted by molar-refractivity contribution is 9.11. The summed E-state index contributed by atoms with van der Waals surface area (Å²) in [5.41, 5.74) is 1.03. The number of aryl methyl sites for hydroxylation is 1. The molecule has 0 saturated carbocycles. The van der Waals surface area contributed by atoms with Gasteiger partial charge >= 0.3 is 0 Å². The topological polar surface area (TPSA) is 29.1 Å². The molecule has 1 atom stereocenters. The first-order valence-electron chi connectivity index (χ1n) is 6.83. The van der Waals surface area contributed by atoms with Crippen LogP contribution in [0.2, 0.25) is 5.02 Å². The lowest BCUT2D eigenvalue weighted by atomic mass is 10.1. The average Bonchev–Trinajstić information content (AvgIpc) is 2.84. The number of halogens is 2. The summed E-state index contributed by atoms with van der Waals surface area (Å²) in [6.45, 7) is 1.97. The molecule has 0 radical (unpaired) electrons. The van der Waals surface area contributed by atoms with Crippen LogP contribution in [0.15, 0.2) is 40.2 Å². The van der Waals surface area contributed by atoms with Crippen molar-refractivity contribution in [3.8, 4) is 0 Å². The zero-order valence-electron chi connectivity index (χ0n) is 11.7. The zero-order chi connectivity index (χ0) is 15.2. The predicted octanol–water partition coefficient (Wildman–Crippen LogP) is 5.36. The van der Waals surface area contributed by atoms with Gasteiger partial charge in [-0.25, -0.2) is 0 Å². The molecule has 0 saturated heterocycles. The Bertz CT molecular complexity index is 614. The molecule has 0 aliphatic carbocycles. The van der Waals surface area contributed by atoms with Gasteiger partial charge in [0.15, 0.2) is 0 Å². The third kappa shape index (κ3) is 5.46. The summed E-state index contributed by atoms with van der Waals surface area (Å²) in [5, 5.41) is 3.70. The predicted molar refractivity (Wildman–Crippen MR) is 93.0 cm³/mol. The zero-order valence-corrected chi connectivity index (χ0v) is 14.9. The second kappa shape index (κ2) is 7.97. The standard InChI is InChI=1S/C16H17BrClNOS/c1-11(12-4-2-5-13(18)10-12)19-16(20)7-3-6-14-8-9-15(17)21-14/h2,4-5,8-11H,3,6-7H2,1H3,(H,19,20). The minimum Gasteiger partial charge on any atom is -0.350 e. The molecule has 112 valence electrons. The molecule has 2 aromatic rings. The average molecular weight is 387 g/mol. The Morgan fingerprint density at radius 2 is 2.19 bits per heavy atom. The molecule has 2 rings (SSSR count). The first kappa shape index (κ1) is 16.5. The summed E-state index contributed by atoms with van der Waals surface area (Å²) in [7, 11) is 0. The minimum absolute atomic E-state index is 0.0212. The van der Waals surface area contributed by atoms with Gasteiger partial charge in [-0.2, -0.15) is 0 Å². The van der Waals surface area contributed by atoms with Crippen molar-refractivity contribution < 1.29 is 4.79 Å². The van der Waals surface area contributed by atoms with Crippen LogP contribution in [-0.2, 0) is 11.2 Å². The number of nitrogens with one attached hydrogen (secondary N) is 1. The van der Waals surface area contributed by atoms with Crippen LogP contribution in [0.1, 0.15) is 36.2 Å². The van der Waals surface area contributed by atoms with Gasteiger partial charge in [0.2, 0.25) is 5.91 Å². The fourth-order valence-electron chi connectivity index (χ4n) is 2.08. The Kier molecular flexibility index (Phi) is 6.27. The van der Waals surface area contributed by atoms with Crippen molar-refractivity contribution in [1.29, 1.82) is 0 Å². The fourth-order valence-corrected chi connectivity index (χ4v) is 3.81. The lowest BCUT2D eigenvalue weighted by molar-refractivity contribution is -0.121. The van der Waals surface area contributed by atoms with E-state index >= 15 is 0 Å². The van der Waals surface area contributed by atoms with Crippen LogP contribution in [0.25, 0.3) is 0 Å². The van der Waals surface area contributed by atoms with Gasteiger partial charge < -0.3 is 5.32 Å². The quantitative estimate of drug-likeness (QED) is 0.711. The number of thiophene rings is 1. The summed E-state index contributed by atoms with van der Waals surface area (Å²) < 4.78 is 1.14. The van der Waals surface area contributed by atoms with Crippen LogP contribution in [0.5, 0.6) is 0 Å². The second-order valence-electron chi connectivity index (χ2n) is 4.90.